The SMILES string of the molecule is O=C(Nc1ccc(CC(=O)N2CCN(c3ncccn3)CC2)cc1)c1sccc1-c1ccccc1. The van der Waals surface area contributed by atoms with Gasteiger partial charge in [-0.25, -0.2) is 9.97 Å². The summed E-state index contributed by atoms with van der Waals surface area (Å²) in [7, 11) is 0. The number of hydrogen-bond acceptors (Lipinski definition) is 6. The van der Waals surface area contributed by atoms with Gasteiger partial charge in [0, 0.05) is 49.8 Å². The lowest BCUT2D eigenvalue weighted by Gasteiger charge is -2.34. The first-order chi connectivity index (χ1) is 17.2. The first-order valence-electron chi connectivity index (χ1n) is 11.5. The Morgan fingerprint density at radius 1 is 0.857 bits per heavy atom. The summed E-state index contributed by atoms with van der Waals surface area (Å²) in [6.45, 7) is 2.73. The fourth-order valence-corrected chi connectivity index (χ4v) is 4.93. The molecule has 2 aromatic heterocycles. The van der Waals surface area contributed by atoms with Crippen LogP contribution in [0.1, 0.15) is 15.2 Å². The molecule has 3 heterocycles. The molecule has 1 N–H and O–H groups in total. The predicted octanol–water partition coefficient (Wildman–Crippen LogP) is 4.35. The van der Waals surface area contributed by atoms with Gasteiger partial charge in [0.1, 0.15) is 0 Å². The molecule has 1 aliphatic rings. The molecule has 0 aliphatic carbocycles. The highest BCUT2D eigenvalue weighted by Crippen LogP contribution is 2.29. The second kappa shape index (κ2) is 10.5. The Morgan fingerprint density at radius 2 is 1.57 bits per heavy atom. The molecule has 0 radical (unpaired) electrons. The van der Waals surface area contributed by atoms with Crippen LogP contribution in [0.4, 0.5) is 11.6 Å². The van der Waals surface area contributed by atoms with E-state index in [9.17, 15) is 9.59 Å². The van der Waals surface area contributed by atoms with Crippen LogP contribution < -0.4 is 10.2 Å². The molecule has 0 saturated carbocycles. The van der Waals surface area contributed by atoms with E-state index in [4.69, 9.17) is 0 Å². The minimum absolute atomic E-state index is 0.0986. The van der Waals surface area contributed by atoms with Gasteiger partial charge in [0.25, 0.3) is 5.91 Å². The van der Waals surface area contributed by atoms with E-state index in [1.54, 1.807) is 18.5 Å². The molecule has 176 valence electrons. The van der Waals surface area contributed by atoms with Gasteiger partial charge in [-0.1, -0.05) is 42.5 Å². The zero-order valence-corrected chi connectivity index (χ0v) is 19.9. The van der Waals surface area contributed by atoms with Crippen molar-refractivity contribution in [3.05, 3.63) is 94.9 Å². The van der Waals surface area contributed by atoms with Crippen molar-refractivity contribution in [3.8, 4) is 11.1 Å². The normalized spacial score (nSPS) is 13.5. The summed E-state index contributed by atoms with van der Waals surface area (Å²) in [5, 5.41) is 4.91. The van der Waals surface area contributed by atoms with Gasteiger partial charge in [-0.3, -0.25) is 9.59 Å². The lowest BCUT2D eigenvalue weighted by atomic mass is 10.1. The maximum absolute atomic E-state index is 12.9. The number of thiophene rings is 1. The molecule has 1 fully saturated rings. The van der Waals surface area contributed by atoms with Gasteiger partial charge in [-0.15, -0.1) is 11.3 Å². The van der Waals surface area contributed by atoms with E-state index < -0.39 is 0 Å². The number of nitrogens with zero attached hydrogens (tertiary/aromatic N) is 4. The number of hydrogen-bond donors (Lipinski definition) is 1. The maximum Gasteiger partial charge on any atom is 0.266 e. The molecule has 8 heteroatoms. The van der Waals surface area contributed by atoms with Crippen LogP contribution in [-0.2, 0) is 11.2 Å². The van der Waals surface area contributed by atoms with E-state index >= 15 is 0 Å². The highest BCUT2D eigenvalue weighted by atomic mass is 32.1. The first kappa shape index (κ1) is 22.7. The zero-order valence-electron chi connectivity index (χ0n) is 19.1. The molecule has 4 aromatic rings. The molecule has 0 spiro atoms. The molecule has 2 aromatic carbocycles. The van der Waals surface area contributed by atoms with Gasteiger partial charge in [0.15, 0.2) is 0 Å². The lowest BCUT2D eigenvalue weighted by Crippen LogP contribution is -2.49. The van der Waals surface area contributed by atoms with E-state index in [0.717, 1.165) is 16.7 Å². The number of carbonyl (C=O) groups is 2. The van der Waals surface area contributed by atoms with Gasteiger partial charge < -0.3 is 15.1 Å². The fourth-order valence-electron chi connectivity index (χ4n) is 4.12. The highest BCUT2D eigenvalue weighted by molar-refractivity contribution is 7.12. The van der Waals surface area contributed by atoms with Gasteiger partial charge in [-0.2, -0.15) is 0 Å². The molecular weight excluding hydrogens is 458 g/mol. The topological polar surface area (TPSA) is 78.4 Å². The molecule has 35 heavy (non-hydrogen) atoms. The third-order valence-electron chi connectivity index (χ3n) is 5.99. The average Bonchev–Trinajstić information content (AvgIpc) is 3.41. The number of aromatic nitrogens is 2. The van der Waals surface area contributed by atoms with Crippen molar-refractivity contribution in [2.45, 2.75) is 6.42 Å². The minimum atomic E-state index is -0.136. The van der Waals surface area contributed by atoms with Crippen molar-refractivity contribution >= 4 is 34.8 Å². The average molecular weight is 484 g/mol. The molecule has 5 rings (SSSR count). The summed E-state index contributed by atoms with van der Waals surface area (Å²) in [5.41, 5.74) is 3.57. The van der Waals surface area contributed by atoms with E-state index in [0.29, 0.717) is 49.1 Å². The molecule has 0 unspecified atom stereocenters. The Labute approximate surface area is 208 Å². The second-order valence-electron chi connectivity index (χ2n) is 8.27. The van der Waals surface area contributed by atoms with Crippen molar-refractivity contribution in [3.63, 3.8) is 0 Å². The monoisotopic (exact) mass is 483 g/mol. The van der Waals surface area contributed by atoms with Crippen LogP contribution >= 0.6 is 11.3 Å². The molecule has 2 amide bonds. The summed E-state index contributed by atoms with van der Waals surface area (Å²) in [6, 6.07) is 21.1. The fraction of sp³-hybridized carbons (Fsp3) is 0.185. The molecule has 1 aliphatic heterocycles. The van der Waals surface area contributed by atoms with E-state index in [1.165, 1.54) is 11.3 Å². The summed E-state index contributed by atoms with van der Waals surface area (Å²) >= 11 is 1.42. The van der Waals surface area contributed by atoms with Crippen molar-refractivity contribution in [2.75, 3.05) is 36.4 Å². The van der Waals surface area contributed by atoms with Crippen LogP contribution in [-0.4, -0.2) is 52.9 Å². The highest BCUT2D eigenvalue weighted by Gasteiger charge is 2.22. The van der Waals surface area contributed by atoms with E-state index in [-0.39, 0.29) is 11.8 Å². The largest absolute Gasteiger partial charge is 0.339 e. The van der Waals surface area contributed by atoms with Crippen molar-refractivity contribution in [1.29, 1.82) is 0 Å². The van der Waals surface area contributed by atoms with E-state index in [1.807, 2.05) is 70.9 Å². The maximum atomic E-state index is 12.9. The number of benzene rings is 2. The number of rotatable bonds is 6. The zero-order chi connectivity index (χ0) is 24.0. The van der Waals surface area contributed by atoms with Crippen molar-refractivity contribution in [1.82, 2.24) is 14.9 Å². The third kappa shape index (κ3) is 5.38. The van der Waals surface area contributed by atoms with Crippen LogP contribution in [0.5, 0.6) is 0 Å². The molecule has 0 atom stereocenters. The van der Waals surface area contributed by atoms with Crippen LogP contribution in [0.15, 0.2) is 84.5 Å². The van der Waals surface area contributed by atoms with Crippen LogP contribution in [0.25, 0.3) is 11.1 Å². The number of anilines is 2. The minimum Gasteiger partial charge on any atom is -0.339 e. The Hall–Kier alpha value is -4.04. The first-order valence-corrected chi connectivity index (χ1v) is 12.4. The van der Waals surface area contributed by atoms with E-state index in [2.05, 4.69) is 20.2 Å². The smallest absolute Gasteiger partial charge is 0.266 e. The van der Waals surface area contributed by atoms with Crippen molar-refractivity contribution < 1.29 is 9.59 Å². The van der Waals surface area contributed by atoms with Crippen molar-refractivity contribution in [2.24, 2.45) is 0 Å². The Morgan fingerprint density at radius 3 is 2.29 bits per heavy atom. The number of carbonyl (C=O) groups excluding carboxylic acids is 2. The molecule has 7 nitrogen and oxygen atoms in total. The number of piperazine rings is 1. The predicted molar refractivity (Wildman–Crippen MR) is 139 cm³/mol. The van der Waals surface area contributed by atoms with Gasteiger partial charge in [0.2, 0.25) is 11.9 Å². The van der Waals surface area contributed by atoms with Crippen LogP contribution in [0, 0.1) is 0 Å². The quantitative estimate of drug-likeness (QED) is 0.441. The Kier molecular flexibility index (Phi) is 6.81. The number of nitrogens with one attached hydrogen (secondary N) is 1. The van der Waals surface area contributed by atoms with Gasteiger partial charge in [-0.05, 0) is 40.8 Å². The second-order valence-corrected chi connectivity index (χ2v) is 9.19. The Balaban J connectivity index is 1.15. The van der Waals surface area contributed by atoms with Gasteiger partial charge in [0.05, 0.1) is 11.3 Å². The van der Waals surface area contributed by atoms with Crippen LogP contribution in [0.2, 0.25) is 0 Å². The molecular formula is C27H25N5O2S. The Bertz CT molecular complexity index is 1280. The number of amides is 2. The summed E-state index contributed by atoms with van der Waals surface area (Å²) in [4.78, 5) is 38.9. The summed E-state index contributed by atoms with van der Waals surface area (Å²) in [5.74, 6) is 0.667. The standard InChI is InChI=1S/C27H25N5O2S/c33-24(31-14-16-32(17-15-31)27-28-12-4-13-29-27)19-20-7-9-22(10-8-20)30-26(34)25-23(11-18-35-25)21-5-2-1-3-6-21/h1-13,18H,14-17,19H2,(H,30,34). The van der Waals surface area contributed by atoms with Gasteiger partial charge >= 0.3 is 0 Å². The summed E-state index contributed by atoms with van der Waals surface area (Å²) < 4.78 is 0. The molecule has 0 bridgehead atoms. The summed E-state index contributed by atoms with van der Waals surface area (Å²) in [6.07, 6.45) is 3.79. The van der Waals surface area contributed by atoms with Crippen LogP contribution in [0.3, 0.4) is 0 Å². The lowest BCUT2D eigenvalue weighted by molar-refractivity contribution is -0.130. The molecule has 1 saturated heterocycles. The third-order valence-corrected chi connectivity index (χ3v) is 6.90.